The van der Waals surface area contributed by atoms with Crippen molar-refractivity contribution < 1.29 is 9.47 Å². The monoisotopic (exact) mass is 162 g/mol. The van der Waals surface area contributed by atoms with Gasteiger partial charge in [0, 0.05) is 5.56 Å². The molecule has 0 N–H and O–H groups in total. The Morgan fingerprint density at radius 2 is 2.17 bits per heavy atom. The van der Waals surface area contributed by atoms with Gasteiger partial charge in [0.2, 0.25) is 5.75 Å². The van der Waals surface area contributed by atoms with E-state index in [-0.39, 0.29) is 0 Å². The van der Waals surface area contributed by atoms with E-state index in [1.807, 2.05) is 31.2 Å². The summed E-state index contributed by atoms with van der Waals surface area (Å²) in [5.74, 6) is 2.65. The summed E-state index contributed by atoms with van der Waals surface area (Å²) in [5, 5.41) is 0. The molecule has 2 heteroatoms. The van der Waals surface area contributed by atoms with Crippen molar-refractivity contribution in [3.63, 3.8) is 0 Å². The summed E-state index contributed by atoms with van der Waals surface area (Å²) in [7, 11) is 1.65. The van der Waals surface area contributed by atoms with Crippen LogP contribution in [0.2, 0.25) is 0 Å². The summed E-state index contributed by atoms with van der Waals surface area (Å²) in [6.45, 7) is 1.99. The molecule has 12 heavy (non-hydrogen) atoms. The lowest BCUT2D eigenvalue weighted by Crippen LogP contribution is -1.77. The lowest BCUT2D eigenvalue weighted by molar-refractivity contribution is 0.408. The molecule has 0 amide bonds. The van der Waals surface area contributed by atoms with Gasteiger partial charge in [0.1, 0.15) is 0 Å². The zero-order chi connectivity index (χ0) is 8.55. The summed E-state index contributed by atoms with van der Waals surface area (Å²) in [6.07, 6.45) is 4.01. The molecule has 1 heterocycles. The predicted molar refractivity (Wildman–Crippen MR) is 47.8 cm³/mol. The van der Waals surface area contributed by atoms with Gasteiger partial charge in [0.15, 0.2) is 11.5 Å². The van der Waals surface area contributed by atoms with Crippen LogP contribution in [0.5, 0.6) is 17.2 Å². The normalized spacial score (nSPS) is 12.5. The van der Waals surface area contributed by atoms with E-state index in [1.54, 1.807) is 7.11 Å². The van der Waals surface area contributed by atoms with Gasteiger partial charge in [-0.3, -0.25) is 0 Å². The fourth-order valence-electron chi connectivity index (χ4n) is 1.22. The average molecular weight is 162 g/mol. The number of benzene rings is 1. The van der Waals surface area contributed by atoms with Gasteiger partial charge in [-0.05, 0) is 19.1 Å². The third kappa shape index (κ3) is 0.961. The van der Waals surface area contributed by atoms with E-state index in [0.29, 0.717) is 0 Å². The maximum absolute atomic E-state index is 5.27. The molecule has 0 unspecified atom stereocenters. The smallest absolute Gasteiger partial charge is 0.212 e. The minimum absolute atomic E-state index is 0.818. The number of rotatable bonds is 2. The van der Waals surface area contributed by atoms with Crippen LogP contribution in [0.3, 0.4) is 0 Å². The molecule has 1 aromatic rings. The van der Waals surface area contributed by atoms with Crippen LogP contribution in [0.4, 0.5) is 0 Å². The molecule has 0 fully saturated rings. The third-order valence-corrected chi connectivity index (χ3v) is 1.84. The molecule has 0 spiro atoms. The van der Waals surface area contributed by atoms with Crippen molar-refractivity contribution in [3.8, 4) is 17.2 Å². The molecule has 62 valence electrons. The van der Waals surface area contributed by atoms with Crippen molar-refractivity contribution in [1.29, 1.82) is 0 Å². The molecule has 2 nitrogen and oxygen atoms in total. The van der Waals surface area contributed by atoms with Crippen LogP contribution in [0, 0.1) is 0 Å². The molecule has 0 radical (unpaired) electrons. The number of fused-ring (bicyclic) bond motifs is 1. The van der Waals surface area contributed by atoms with Crippen LogP contribution in [-0.2, 0) is 0 Å². The zero-order valence-corrected chi connectivity index (χ0v) is 7.13. The first-order valence-electron chi connectivity index (χ1n) is 3.88. The Morgan fingerprint density at radius 1 is 1.33 bits per heavy atom. The Balaban J connectivity index is 2.41. The minimum Gasteiger partial charge on any atom is -0.493 e. The topological polar surface area (TPSA) is 21.8 Å². The standard InChI is InChI=1S/C10H10O2/c1-3-4-7-5-6-8(11-2)10-9(7)12-10/h3-6H,1-2H3. The van der Waals surface area contributed by atoms with Gasteiger partial charge in [-0.25, -0.2) is 0 Å². The second kappa shape index (κ2) is 2.55. The number of allylic oxidation sites excluding steroid dienone is 1. The predicted octanol–water partition coefficient (Wildman–Crippen LogP) is 2.83. The Hall–Kier alpha value is -1.44. The van der Waals surface area contributed by atoms with E-state index < -0.39 is 0 Å². The van der Waals surface area contributed by atoms with Gasteiger partial charge < -0.3 is 9.47 Å². The summed E-state index contributed by atoms with van der Waals surface area (Å²) >= 11 is 0. The van der Waals surface area contributed by atoms with Gasteiger partial charge in [-0.1, -0.05) is 12.2 Å². The zero-order valence-electron chi connectivity index (χ0n) is 7.13. The highest BCUT2D eigenvalue weighted by atomic mass is 16.6. The Bertz CT molecular complexity index is 340. The molecule has 1 aliphatic heterocycles. The highest BCUT2D eigenvalue weighted by Gasteiger charge is 2.28. The molecule has 0 saturated carbocycles. The quantitative estimate of drug-likeness (QED) is 0.633. The first-order chi connectivity index (χ1) is 5.86. The average Bonchev–Trinajstić information content (AvgIpc) is 2.85. The van der Waals surface area contributed by atoms with Crippen LogP contribution in [0.15, 0.2) is 18.2 Å². The molecule has 0 aliphatic carbocycles. The molecule has 0 aromatic heterocycles. The molecule has 0 saturated heterocycles. The number of ether oxygens (including phenoxy) is 2. The first kappa shape index (κ1) is 7.22. The molecule has 2 rings (SSSR count). The Kier molecular flexibility index (Phi) is 1.54. The van der Waals surface area contributed by atoms with E-state index in [1.165, 1.54) is 0 Å². The van der Waals surface area contributed by atoms with Gasteiger partial charge in [-0.15, -0.1) is 0 Å². The van der Waals surface area contributed by atoms with Crippen molar-refractivity contribution in [2.45, 2.75) is 6.92 Å². The van der Waals surface area contributed by atoms with Crippen LogP contribution in [0.1, 0.15) is 12.5 Å². The van der Waals surface area contributed by atoms with Crippen molar-refractivity contribution >= 4 is 6.08 Å². The van der Waals surface area contributed by atoms with E-state index >= 15 is 0 Å². The van der Waals surface area contributed by atoms with Crippen molar-refractivity contribution in [1.82, 2.24) is 0 Å². The second-order valence-electron chi connectivity index (χ2n) is 2.62. The van der Waals surface area contributed by atoms with Crippen LogP contribution >= 0.6 is 0 Å². The lowest BCUT2D eigenvalue weighted by Gasteiger charge is -1.93. The van der Waals surface area contributed by atoms with Crippen LogP contribution in [-0.4, -0.2) is 7.11 Å². The molecule has 0 bridgehead atoms. The number of methoxy groups -OCH3 is 1. The summed E-state index contributed by atoms with van der Waals surface area (Å²) in [4.78, 5) is 0. The van der Waals surface area contributed by atoms with Gasteiger partial charge in [0.05, 0.1) is 7.11 Å². The summed E-state index contributed by atoms with van der Waals surface area (Å²) in [5.41, 5.74) is 1.12. The lowest BCUT2D eigenvalue weighted by atomic mass is 10.2. The fourth-order valence-corrected chi connectivity index (χ4v) is 1.22. The van der Waals surface area contributed by atoms with Crippen molar-refractivity contribution in [3.05, 3.63) is 23.8 Å². The van der Waals surface area contributed by atoms with E-state index in [4.69, 9.17) is 9.47 Å². The van der Waals surface area contributed by atoms with E-state index in [9.17, 15) is 0 Å². The Labute approximate surface area is 71.4 Å². The van der Waals surface area contributed by atoms with Gasteiger partial charge in [-0.2, -0.15) is 0 Å². The van der Waals surface area contributed by atoms with Crippen LogP contribution < -0.4 is 9.47 Å². The Morgan fingerprint density at radius 3 is 2.83 bits per heavy atom. The largest absolute Gasteiger partial charge is 0.493 e. The molecule has 1 aliphatic rings. The van der Waals surface area contributed by atoms with Gasteiger partial charge >= 0.3 is 0 Å². The number of hydrogen-bond donors (Lipinski definition) is 0. The molecule has 1 aromatic carbocycles. The van der Waals surface area contributed by atoms with Crippen LogP contribution in [0.25, 0.3) is 6.08 Å². The maximum Gasteiger partial charge on any atom is 0.212 e. The SMILES string of the molecule is CC=Cc1ccc(OC)c2c1O2. The minimum atomic E-state index is 0.818. The highest BCUT2D eigenvalue weighted by molar-refractivity contribution is 5.74. The second-order valence-corrected chi connectivity index (χ2v) is 2.62. The van der Waals surface area contributed by atoms with Gasteiger partial charge in [0.25, 0.3) is 0 Å². The summed E-state index contributed by atoms with van der Waals surface area (Å²) < 4.78 is 10.3. The third-order valence-electron chi connectivity index (χ3n) is 1.84. The maximum atomic E-state index is 5.27. The van der Waals surface area contributed by atoms with E-state index in [2.05, 4.69) is 0 Å². The number of hydrogen-bond acceptors (Lipinski definition) is 2. The van der Waals surface area contributed by atoms with E-state index in [0.717, 1.165) is 22.8 Å². The fraction of sp³-hybridized carbons (Fsp3) is 0.200. The summed E-state index contributed by atoms with van der Waals surface area (Å²) in [6, 6.07) is 3.91. The van der Waals surface area contributed by atoms with Crippen molar-refractivity contribution in [2.24, 2.45) is 0 Å². The van der Waals surface area contributed by atoms with Crippen molar-refractivity contribution in [2.75, 3.05) is 7.11 Å². The molecule has 0 atom stereocenters. The molecular formula is C10H10O2. The first-order valence-corrected chi connectivity index (χ1v) is 3.88. The highest BCUT2D eigenvalue weighted by Crippen LogP contribution is 2.55. The molecular weight excluding hydrogens is 152 g/mol.